The number of thioether (sulfide) groups is 1. The van der Waals surface area contributed by atoms with E-state index >= 15 is 0 Å². The van der Waals surface area contributed by atoms with Gasteiger partial charge in [0.1, 0.15) is 6.54 Å². The van der Waals surface area contributed by atoms with E-state index in [-0.39, 0.29) is 34.8 Å². The number of hydrogen-bond acceptors (Lipinski definition) is 5. The number of unbranched alkanes of at least 4 members (excludes halogenated alkanes) is 1. The number of aromatic nitrogens is 1. The number of nitrogens with zero attached hydrogens (tertiary/aromatic N) is 1. The summed E-state index contributed by atoms with van der Waals surface area (Å²) in [5.41, 5.74) is 1.42. The van der Waals surface area contributed by atoms with E-state index in [0.29, 0.717) is 34.9 Å². The second-order valence-corrected chi connectivity index (χ2v) is 8.51. The predicted molar refractivity (Wildman–Crippen MR) is 122 cm³/mol. The van der Waals surface area contributed by atoms with Crippen LogP contribution >= 0.6 is 11.8 Å². The van der Waals surface area contributed by atoms with Gasteiger partial charge in [0.25, 0.3) is 5.91 Å². The van der Waals surface area contributed by atoms with Gasteiger partial charge in [-0.05, 0) is 36.2 Å². The molecule has 0 atom stereocenters. The average Bonchev–Trinajstić information content (AvgIpc) is 3.29. The molecule has 1 N–H and O–H groups in total. The summed E-state index contributed by atoms with van der Waals surface area (Å²) in [7, 11) is 0. The topological polar surface area (TPSA) is 68.5 Å². The van der Waals surface area contributed by atoms with Gasteiger partial charge in [0.2, 0.25) is 6.79 Å². The standard InChI is InChI=1S/C25H24N2O4S.BrH/c28-24(10-4-7-15-27-13-5-1-6-14-27)32-23-9-3-2-8-20(23)25(29)26-17-19-11-12-21-22(16-19)31-18-30-21;/h1-3,5-6,8-9,11-14,16H,4,7,10,15,17-18H2;1H. The van der Waals surface area contributed by atoms with Crippen LogP contribution in [0.2, 0.25) is 0 Å². The van der Waals surface area contributed by atoms with Crippen LogP contribution < -0.4 is 36.3 Å². The summed E-state index contributed by atoms with van der Waals surface area (Å²) in [6.45, 7) is 1.46. The van der Waals surface area contributed by atoms with Crippen LogP contribution in [0.25, 0.3) is 0 Å². The van der Waals surface area contributed by atoms with Crippen LogP contribution in [0.15, 0.2) is 78.0 Å². The number of amides is 1. The van der Waals surface area contributed by atoms with E-state index in [9.17, 15) is 9.59 Å². The molecule has 0 spiro atoms. The van der Waals surface area contributed by atoms with Gasteiger partial charge in [-0.25, -0.2) is 4.57 Å². The Balaban J connectivity index is 0.00000306. The largest absolute Gasteiger partial charge is 1.00 e. The van der Waals surface area contributed by atoms with Gasteiger partial charge in [-0.3, -0.25) is 9.59 Å². The summed E-state index contributed by atoms with van der Waals surface area (Å²) >= 11 is 1.14. The van der Waals surface area contributed by atoms with Crippen LogP contribution in [-0.2, 0) is 17.9 Å². The first-order valence-corrected chi connectivity index (χ1v) is 11.4. The van der Waals surface area contributed by atoms with Crippen LogP contribution in [0, 0.1) is 0 Å². The number of benzene rings is 2. The smallest absolute Gasteiger partial charge is 0.252 e. The van der Waals surface area contributed by atoms with Crippen molar-refractivity contribution in [3.8, 4) is 11.5 Å². The van der Waals surface area contributed by atoms with Crippen LogP contribution in [0.3, 0.4) is 0 Å². The highest BCUT2D eigenvalue weighted by molar-refractivity contribution is 8.13. The Bertz CT molecular complexity index is 1090. The molecule has 1 aliphatic rings. The van der Waals surface area contributed by atoms with E-state index in [1.165, 1.54) is 0 Å². The summed E-state index contributed by atoms with van der Waals surface area (Å²) in [6.07, 6.45) is 6.26. The molecule has 2 heterocycles. The Labute approximate surface area is 208 Å². The zero-order valence-corrected chi connectivity index (χ0v) is 20.4. The first-order chi connectivity index (χ1) is 15.7. The molecule has 3 aromatic rings. The fourth-order valence-corrected chi connectivity index (χ4v) is 4.30. The van der Waals surface area contributed by atoms with E-state index < -0.39 is 0 Å². The lowest BCUT2D eigenvalue weighted by atomic mass is 10.1. The normalized spacial score (nSPS) is 11.5. The lowest BCUT2D eigenvalue weighted by Crippen LogP contribution is -3.00. The molecule has 2 aromatic carbocycles. The number of ether oxygens (including phenoxy) is 2. The number of aryl methyl sites for hydroxylation is 1. The Hall–Kier alpha value is -2.84. The minimum Gasteiger partial charge on any atom is -1.00 e. The SMILES string of the molecule is O=C(CCCC[n+]1ccccc1)Sc1ccccc1C(=O)NCc1ccc2c(c1)OCO2.[Br-]. The van der Waals surface area contributed by atoms with Gasteiger partial charge in [0.15, 0.2) is 29.0 Å². The quantitative estimate of drug-likeness (QED) is 0.256. The maximum atomic E-state index is 12.8. The van der Waals surface area contributed by atoms with E-state index in [0.717, 1.165) is 36.7 Å². The molecule has 6 nitrogen and oxygen atoms in total. The van der Waals surface area contributed by atoms with Gasteiger partial charge in [-0.2, -0.15) is 0 Å². The predicted octanol–water partition coefficient (Wildman–Crippen LogP) is 1.13. The number of halogens is 1. The molecule has 0 aliphatic carbocycles. The molecule has 1 aliphatic heterocycles. The third-order valence-electron chi connectivity index (χ3n) is 5.07. The first-order valence-electron chi connectivity index (χ1n) is 10.6. The van der Waals surface area contributed by atoms with Gasteiger partial charge < -0.3 is 31.8 Å². The number of carbonyl (C=O) groups is 2. The van der Waals surface area contributed by atoms with Crippen LogP contribution in [-0.4, -0.2) is 17.8 Å². The zero-order chi connectivity index (χ0) is 22.2. The number of hydrogen-bond donors (Lipinski definition) is 1. The third kappa shape index (κ3) is 7.07. The van der Waals surface area contributed by atoms with Gasteiger partial charge in [-0.1, -0.05) is 36.0 Å². The lowest BCUT2D eigenvalue weighted by Gasteiger charge is -2.10. The fraction of sp³-hybridized carbons (Fsp3) is 0.240. The summed E-state index contributed by atoms with van der Waals surface area (Å²) in [6, 6.07) is 18.8. The highest BCUT2D eigenvalue weighted by atomic mass is 79.9. The zero-order valence-electron chi connectivity index (χ0n) is 18.0. The third-order valence-corrected chi connectivity index (χ3v) is 6.08. The lowest BCUT2D eigenvalue weighted by molar-refractivity contribution is -0.697. The van der Waals surface area contributed by atoms with Crippen molar-refractivity contribution >= 4 is 22.8 Å². The second kappa shape index (κ2) is 12.4. The van der Waals surface area contributed by atoms with Crippen LogP contribution in [0.1, 0.15) is 35.2 Å². The summed E-state index contributed by atoms with van der Waals surface area (Å²) < 4.78 is 12.8. The molecule has 0 radical (unpaired) electrons. The number of fused-ring (bicyclic) bond motifs is 1. The summed E-state index contributed by atoms with van der Waals surface area (Å²) in [4.78, 5) is 25.9. The van der Waals surface area contributed by atoms with Crippen molar-refractivity contribution in [3.05, 3.63) is 84.2 Å². The Morgan fingerprint density at radius 2 is 1.73 bits per heavy atom. The highest BCUT2D eigenvalue weighted by Crippen LogP contribution is 2.32. The van der Waals surface area contributed by atoms with Crippen molar-refractivity contribution in [1.82, 2.24) is 5.32 Å². The molecular weight excluding hydrogens is 504 g/mol. The van der Waals surface area contributed by atoms with Gasteiger partial charge in [0.05, 0.1) is 5.56 Å². The highest BCUT2D eigenvalue weighted by Gasteiger charge is 2.16. The van der Waals surface area contributed by atoms with E-state index in [2.05, 4.69) is 9.88 Å². The Kier molecular flexibility index (Phi) is 9.33. The first kappa shape index (κ1) is 24.8. The average molecular weight is 529 g/mol. The molecule has 4 rings (SSSR count). The molecular formula is C25H25BrN2O4S. The van der Waals surface area contributed by atoms with Crippen LogP contribution in [0.5, 0.6) is 11.5 Å². The van der Waals surface area contributed by atoms with E-state index in [1.54, 1.807) is 12.1 Å². The van der Waals surface area contributed by atoms with Crippen molar-refractivity contribution in [1.29, 1.82) is 0 Å². The number of nitrogens with one attached hydrogen (secondary N) is 1. The molecule has 172 valence electrons. The Morgan fingerprint density at radius 1 is 0.939 bits per heavy atom. The fourth-order valence-electron chi connectivity index (χ4n) is 3.39. The van der Waals surface area contributed by atoms with Crippen molar-refractivity contribution in [2.24, 2.45) is 0 Å². The van der Waals surface area contributed by atoms with Crippen LogP contribution in [0.4, 0.5) is 0 Å². The Morgan fingerprint density at radius 3 is 2.58 bits per heavy atom. The summed E-state index contributed by atoms with van der Waals surface area (Å²) in [5, 5.41) is 3.00. The van der Waals surface area contributed by atoms with E-state index in [4.69, 9.17) is 9.47 Å². The number of carbonyl (C=O) groups excluding carboxylic acids is 2. The summed E-state index contributed by atoms with van der Waals surface area (Å²) in [5.74, 6) is 1.19. The minimum atomic E-state index is -0.209. The molecule has 33 heavy (non-hydrogen) atoms. The van der Waals surface area contributed by atoms with Gasteiger partial charge in [-0.15, -0.1) is 0 Å². The minimum absolute atomic E-state index is 0. The molecule has 0 saturated carbocycles. The van der Waals surface area contributed by atoms with Crippen molar-refractivity contribution in [3.63, 3.8) is 0 Å². The maximum absolute atomic E-state index is 12.8. The molecule has 0 bridgehead atoms. The number of rotatable bonds is 9. The van der Waals surface area contributed by atoms with E-state index in [1.807, 2.05) is 60.9 Å². The molecule has 1 amide bonds. The van der Waals surface area contributed by atoms with Crippen molar-refractivity contribution in [2.75, 3.05) is 6.79 Å². The molecule has 0 unspecified atom stereocenters. The monoisotopic (exact) mass is 528 g/mol. The van der Waals surface area contributed by atoms with Crippen molar-refractivity contribution < 1.29 is 40.6 Å². The molecule has 8 heteroatoms. The van der Waals surface area contributed by atoms with Gasteiger partial charge >= 0.3 is 0 Å². The van der Waals surface area contributed by atoms with Gasteiger partial charge in [0, 0.05) is 36.4 Å². The second-order valence-electron chi connectivity index (χ2n) is 7.41. The molecule has 0 fully saturated rings. The number of pyridine rings is 1. The molecule has 1 aromatic heterocycles. The maximum Gasteiger partial charge on any atom is 0.252 e. The van der Waals surface area contributed by atoms with Crippen molar-refractivity contribution in [2.45, 2.75) is 37.2 Å². The molecule has 0 saturated heterocycles.